The number of Topliss-reactive ketones (excluding diaryl/α,β-unsaturated/α-hetero) is 1. The summed E-state index contributed by atoms with van der Waals surface area (Å²) in [5.41, 5.74) is 2.38. The van der Waals surface area contributed by atoms with Crippen molar-refractivity contribution >= 4 is 28.3 Å². The van der Waals surface area contributed by atoms with Crippen molar-refractivity contribution in [2.24, 2.45) is 0 Å². The fraction of sp³-hybridized carbons (Fsp3) is 0.438. The summed E-state index contributed by atoms with van der Waals surface area (Å²) < 4.78 is 0. The van der Waals surface area contributed by atoms with Crippen molar-refractivity contribution in [1.29, 1.82) is 0 Å². The number of halogens is 1. The average molecular weight is 293 g/mol. The molecule has 1 heterocycles. The Labute approximate surface area is 124 Å². The van der Waals surface area contributed by atoms with Crippen LogP contribution in [0.2, 0.25) is 5.02 Å². The van der Waals surface area contributed by atoms with Gasteiger partial charge < -0.3 is 10.3 Å². The summed E-state index contributed by atoms with van der Waals surface area (Å²) in [6, 6.07) is 5.86. The van der Waals surface area contributed by atoms with Gasteiger partial charge in [0.25, 0.3) is 0 Å². The maximum Gasteiger partial charge on any atom is 0.149 e. The first-order valence-electron chi connectivity index (χ1n) is 7.11. The second-order valence-corrected chi connectivity index (χ2v) is 5.49. The first kappa shape index (κ1) is 15.1. The molecule has 2 N–H and O–H groups in total. The van der Waals surface area contributed by atoms with Crippen molar-refractivity contribution in [3.05, 3.63) is 35.0 Å². The van der Waals surface area contributed by atoms with Crippen LogP contribution in [-0.2, 0) is 11.2 Å². The topological polar surface area (TPSA) is 44.9 Å². The Balaban J connectivity index is 1.99. The lowest BCUT2D eigenvalue weighted by Gasteiger charge is -2.13. The van der Waals surface area contributed by atoms with Gasteiger partial charge in [0.2, 0.25) is 0 Å². The fourth-order valence-electron chi connectivity index (χ4n) is 2.57. The summed E-state index contributed by atoms with van der Waals surface area (Å²) in [6.07, 6.45) is 5.44. The molecule has 0 aliphatic carbocycles. The van der Waals surface area contributed by atoms with Crippen LogP contribution in [0, 0.1) is 0 Å². The van der Waals surface area contributed by atoms with Gasteiger partial charge in [-0.2, -0.15) is 0 Å². The molecule has 1 unspecified atom stereocenters. The highest BCUT2D eigenvalue weighted by molar-refractivity contribution is 6.31. The molecule has 0 saturated heterocycles. The third kappa shape index (κ3) is 3.41. The minimum absolute atomic E-state index is 0.0196. The highest BCUT2D eigenvalue weighted by Crippen LogP contribution is 2.23. The van der Waals surface area contributed by atoms with Gasteiger partial charge >= 0.3 is 0 Å². The standard InChI is InChI=1S/C16H21ClN2O/c1-3-16(20)15(18-2)6-4-5-11-10-19-14-8-7-12(17)9-13(11)14/h7-10,15,18-19H,3-6H2,1-2H3. The van der Waals surface area contributed by atoms with Crippen LogP contribution in [-0.4, -0.2) is 23.9 Å². The van der Waals surface area contributed by atoms with Gasteiger partial charge in [-0.15, -0.1) is 0 Å². The van der Waals surface area contributed by atoms with E-state index in [2.05, 4.69) is 10.3 Å². The van der Waals surface area contributed by atoms with Gasteiger partial charge in [0.05, 0.1) is 6.04 Å². The molecule has 0 bridgehead atoms. The number of ketones is 1. The van der Waals surface area contributed by atoms with Crippen molar-refractivity contribution in [1.82, 2.24) is 10.3 Å². The predicted molar refractivity (Wildman–Crippen MR) is 84.4 cm³/mol. The van der Waals surface area contributed by atoms with E-state index in [4.69, 9.17) is 11.6 Å². The van der Waals surface area contributed by atoms with Gasteiger partial charge in [0, 0.05) is 28.5 Å². The van der Waals surface area contributed by atoms with E-state index in [0.29, 0.717) is 6.42 Å². The summed E-state index contributed by atoms with van der Waals surface area (Å²) in [5.74, 6) is 0.287. The first-order chi connectivity index (χ1) is 9.65. The molecule has 3 nitrogen and oxygen atoms in total. The Kier molecular flexibility index (Phi) is 5.21. The molecule has 20 heavy (non-hydrogen) atoms. The highest BCUT2D eigenvalue weighted by Gasteiger charge is 2.14. The van der Waals surface area contributed by atoms with Crippen molar-refractivity contribution < 1.29 is 4.79 Å². The molecule has 0 fully saturated rings. The van der Waals surface area contributed by atoms with Crippen LogP contribution in [0.4, 0.5) is 0 Å². The van der Waals surface area contributed by atoms with E-state index in [-0.39, 0.29) is 11.8 Å². The summed E-state index contributed by atoms with van der Waals surface area (Å²) in [4.78, 5) is 15.0. The van der Waals surface area contributed by atoms with E-state index < -0.39 is 0 Å². The number of hydrogen-bond acceptors (Lipinski definition) is 2. The molecule has 0 saturated carbocycles. The van der Waals surface area contributed by atoms with E-state index in [0.717, 1.165) is 29.8 Å². The Morgan fingerprint density at radius 2 is 2.25 bits per heavy atom. The number of carbonyl (C=O) groups is 1. The lowest BCUT2D eigenvalue weighted by molar-refractivity contribution is -0.120. The maximum absolute atomic E-state index is 11.7. The number of carbonyl (C=O) groups excluding carboxylic acids is 1. The zero-order valence-electron chi connectivity index (χ0n) is 12.0. The number of benzene rings is 1. The number of rotatable bonds is 7. The molecule has 4 heteroatoms. The molecule has 1 aromatic carbocycles. The third-order valence-electron chi connectivity index (χ3n) is 3.75. The van der Waals surface area contributed by atoms with Crippen molar-refractivity contribution in [2.75, 3.05) is 7.05 Å². The number of hydrogen-bond donors (Lipinski definition) is 2. The van der Waals surface area contributed by atoms with Crippen molar-refractivity contribution in [2.45, 2.75) is 38.6 Å². The minimum atomic E-state index is -0.0196. The second kappa shape index (κ2) is 6.91. The van der Waals surface area contributed by atoms with Crippen LogP contribution in [0.5, 0.6) is 0 Å². The van der Waals surface area contributed by atoms with Crippen LogP contribution in [0.1, 0.15) is 31.7 Å². The van der Waals surface area contributed by atoms with E-state index in [1.165, 1.54) is 10.9 Å². The Bertz CT molecular complexity index is 591. The van der Waals surface area contributed by atoms with Gasteiger partial charge in [-0.05, 0) is 50.1 Å². The van der Waals surface area contributed by atoms with Crippen molar-refractivity contribution in [3.8, 4) is 0 Å². The van der Waals surface area contributed by atoms with Crippen molar-refractivity contribution in [3.63, 3.8) is 0 Å². The zero-order chi connectivity index (χ0) is 14.5. The van der Waals surface area contributed by atoms with E-state index in [1.54, 1.807) is 0 Å². The van der Waals surface area contributed by atoms with Gasteiger partial charge in [0.1, 0.15) is 5.78 Å². The molecule has 1 atom stereocenters. The van der Waals surface area contributed by atoms with Gasteiger partial charge in [0.15, 0.2) is 0 Å². The SMILES string of the molecule is CCC(=O)C(CCCc1c[nH]c2ccc(Cl)cc12)NC. The molecule has 0 radical (unpaired) electrons. The molecule has 1 aromatic heterocycles. The quantitative estimate of drug-likeness (QED) is 0.817. The molecule has 0 aliphatic rings. The molecule has 0 spiro atoms. The Hall–Kier alpha value is -1.32. The third-order valence-corrected chi connectivity index (χ3v) is 3.99. The average Bonchev–Trinajstić information content (AvgIpc) is 2.85. The lowest BCUT2D eigenvalue weighted by Crippen LogP contribution is -2.33. The molecule has 2 rings (SSSR count). The van der Waals surface area contributed by atoms with E-state index in [9.17, 15) is 4.79 Å². The van der Waals surface area contributed by atoms with Crippen LogP contribution in [0.3, 0.4) is 0 Å². The zero-order valence-corrected chi connectivity index (χ0v) is 12.8. The fourth-order valence-corrected chi connectivity index (χ4v) is 2.74. The maximum atomic E-state index is 11.7. The van der Waals surface area contributed by atoms with E-state index in [1.807, 2.05) is 38.4 Å². The molecule has 108 valence electrons. The molecular weight excluding hydrogens is 272 g/mol. The summed E-state index contributed by atoms with van der Waals surface area (Å²) in [5, 5.41) is 5.04. The van der Waals surface area contributed by atoms with Gasteiger partial charge in [-0.3, -0.25) is 4.79 Å². The number of aryl methyl sites for hydroxylation is 1. The number of H-pyrrole nitrogens is 1. The molecule has 0 amide bonds. The summed E-state index contributed by atoms with van der Waals surface area (Å²) in [7, 11) is 1.85. The number of nitrogens with one attached hydrogen (secondary N) is 2. The van der Waals surface area contributed by atoms with Crippen LogP contribution in [0.15, 0.2) is 24.4 Å². The predicted octanol–water partition coefficient (Wildman–Crippen LogP) is 3.71. The number of aromatic amines is 1. The lowest BCUT2D eigenvalue weighted by atomic mass is 10.0. The normalized spacial score (nSPS) is 12.8. The number of aromatic nitrogens is 1. The molecule has 2 aromatic rings. The Morgan fingerprint density at radius 3 is 2.95 bits per heavy atom. The molecular formula is C16H21ClN2O. The number of likely N-dealkylation sites (N-methyl/N-ethyl adjacent to an activating group) is 1. The smallest absolute Gasteiger partial charge is 0.149 e. The van der Waals surface area contributed by atoms with Gasteiger partial charge in [-0.25, -0.2) is 0 Å². The Morgan fingerprint density at radius 1 is 1.45 bits per heavy atom. The second-order valence-electron chi connectivity index (χ2n) is 5.06. The first-order valence-corrected chi connectivity index (χ1v) is 7.49. The largest absolute Gasteiger partial charge is 0.361 e. The van der Waals surface area contributed by atoms with Crippen LogP contribution >= 0.6 is 11.6 Å². The van der Waals surface area contributed by atoms with Crippen LogP contribution < -0.4 is 5.32 Å². The van der Waals surface area contributed by atoms with Crippen LogP contribution in [0.25, 0.3) is 10.9 Å². The monoisotopic (exact) mass is 292 g/mol. The highest BCUT2D eigenvalue weighted by atomic mass is 35.5. The minimum Gasteiger partial charge on any atom is -0.361 e. The number of fused-ring (bicyclic) bond motifs is 1. The summed E-state index contributed by atoms with van der Waals surface area (Å²) in [6.45, 7) is 1.91. The summed E-state index contributed by atoms with van der Waals surface area (Å²) >= 11 is 6.05. The van der Waals surface area contributed by atoms with E-state index >= 15 is 0 Å². The molecule has 0 aliphatic heterocycles. The van der Waals surface area contributed by atoms with Gasteiger partial charge in [-0.1, -0.05) is 18.5 Å².